The van der Waals surface area contributed by atoms with Gasteiger partial charge in [-0.15, -0.1) is 0 Å². The Balaban J connectivity index is -0.000000267. The normalized spacial score (nSPS) is 13.5. The van der Waals surface area contributed by atoms with Crippen LogP contribution in [0.5, 0.6) is 0 Å². The fraction of sp³-hybridized carbons (Fsp3) is 0.684. The molecule has 0 saturated heterocycles. The van der Waals surface area contributed by atoms with Crippen molar-refractivity contribution in [3.8, 4) is 0 Å². The van der Waals surface area contributed by atoms with Crippen molar-refractivity contribution >= 4 is 7.92 Å². The standard InChI is InChI=1S/C19H33P.4ClH.Zr/c1-7-11-18(17-13-9-10-14-17)19(12-8-2)20(15(3)4)16(5)6;;;;;/h9-10,13-17H,7-8,11-12H2,1-6H3;4*1H;/q;;;;;+4/p-4. The molecule has 1 aliphatic carbocycles. The van der Waals surface area contributed by atoms with Crippen LogP contribution in [-0.4, -0.2) is 11.3 Å². The Labute approximate surface area is 202 Å². The first-order valence-corrected chi connectivity index (χ1v) is 9.86. The van der Waals surface area contributed by atoms with Gasteiger partial charge in [0.05, 0.1) is 0 Å². The van der Waals surface area contributed by atoms with Gasteiger partial charge in [0.25, 0.3) is 0 Å². The molecule has 0 N–H and O–H groups in total. The molecule has 0 radical (unpaired) electrons. The Hall–Kier alpha value is 1.69. The number of allylic oxidation sites excluding steroid dienone is 6. The molecule has 0 spiro atoms. The van der Waals surface area contributed by atoms with Gasteiger partial charge in [-0.1, -0.05) is 92.2 Å². The number of rotatable bonds is 8. The Kier molecular flexibility index (Phi) is 30.6. The van der Waals surface area contributed by atoms with E-state index in [1.165, 1.54) is 25.7 Å². The van der Waals surface area contributed by atoms with E-state index in [4.69, 9.17) is 0 Å². The molecule has 25 heavy (non-hydrogen) atoms. The molecule has 0 bridgehead atoms. The monoisotopic (exact) mass is 522 g/mol. The van der Waals surface area contributed by atoms with Crippen molar-refractivity contribution in [2.75, 3.05) is 0 Å². The van der Waals surface area contributed by atoms with Crippen molar-refractivity contribution in [2.24, 2.45) is 5.92 Å². The molecule has 0 unspecified atom stereocenters. The maximum atomic E-state index is 2.42. The van der Waals surface area contributed by atoms with Gasteiger partial charge in [-0.2, -0.15) is 0 Å². The zero-order chi connectivity index (χ0) is 15.1. The predicted octanol–water partition coefficient (Wildman–Crippen LogP) is -5.10. The van der Waals surface area contributed by atoms with Crippen LogP contribution < -0.4 is 49.6 Å². The van der Waals surface area contributed by atoms with Gasteiger partial charge in [0.15, 0.2) is 0 Å². The first kappa shape index (κ1) is 37.4. The molecule has 0 amide bonds. The minimum absolute atomic E-state index is 0. The van der Waals surface area contributed by atoms with Gasteiger partial charge in [0, 0.05) is 5.92 Å². The maximum absolute atomic E-state index is 2.42. The van der Waals surface area contributed by atoms with Crippen molar-refractivity contribution in [2.45, 2.75) is 78.5 Å². The Bertz CT molecular complexity index is 373. The van der Waals surface area contributed by atoms with Gasteiger partial charge in [-0.3, -0.25) is 0 Å². The fourth-order valence-corrected chi connectivity index (χ4v) is 6.86. The summed E-state index contributed by atoms with van der Waals surface area (Å²) in [5, 5.41) is 1.83. The number of hydrogen-bond acceptors (Lipinski definition) is 0. The average molecular weight is 525 g/mol. The summed E-state index contributed by atoms with van der Waals surface area (Å²) >= 11 is 0. The number of halogens is 4. The van der Waals surface area contributed by atoms with E-state index in [9.17, 15) is 0 Å². The topological polar surface area (TPSA) is 0 Å². The zero-order valence-corrected chi connectivity index (χ0v) is 22.7. The molecule has 1 rings (SSSR count). The summed E-state index contributed by atoms with van der Waals surface area (Å²) in [4.78, 5) is 0. The van der Waals surface area contributed by atoms with E-state index in [0.29, 0.717) is 5.92 Å². The Morgan fingerprint density at radius 2 is 1.20 bits per heavy atom. The van der Waals surface area contributed by atoms with Crippen LogP contribution in [0.2, 0.25) is 0 Å². The van der Waals surface area contributed by atoms with Gasteiger partial charge < -0.3 is 49.6 Å². The first-order chi connectivity index (χ1) is 9.52. The summed E-state index contributed by atoms with van der Waals surface area (Å²) in [5.74, 6) is 0.582. The molecule has 0 atom stereocenters. The van der Waals surface area contributed by atoms with E-state index in [-0.39, 0.29) is 83.8 Å². The second-order valence-corrected chi connectivity index (χ2v) is 9.78. The minimum atomic E-state index is -0.00315. The molecule has 0 aromatic carbocycles. The first-order valence-electron chi connectivity index (χ1n) is 8.38. The van der Waals surface area contributed by atoms with Crippen molar-refractivity contribution in [3.63, 3.8) is 0 Å². The molecule has 146 valence electrons. The summed E-state index contributed by atoms with van der Waals surface area (Å²) in [6.07, 6.45) is 14.3. The molecule has 0 aliphatic heterocycles. The molecule has 1 aliphatic rings. The van der Waals surface area contributed by atoms with E-state index >= 15 is 0 Å². The van der Waals surface area contributed by atoms with Crippen molar-refractivity contribution in [1.82, 2.24) is 0 Å². The van der Waals surface area contributed by atoms with E-state index < -0.39 is 0 Å². The molecule has 0 aromatic heterocycles. The van der Waals surface area contributed by atoms with Crippen LogP contribution in [0, 0.1) is 5.92 Å². The number of hydrogen-bond donors (Lipinski definition) is 0. The maximum Gasteiger partial charge on any atom is 4.00 e. The van der Waals surface area contributed by atoms with Crippen molar-refractivity contribution < 1.29 is 75.8 Å². The van der Waals surface area contributed by atoms with Crippen LogP contribution in [0.1, 0.15) is 67.2 Å². The second-order valence-electron chi connectivity index (χ2n) is 6.36. The van der Waals surface area contributed by atoms with Crippen LogP contribution in [0.4, 0.5) is 0 Å². The molecule has 0 heterocycles. The Morgan fingerprint density at radius 1 is 0.800 bits per heavy atom. The van der Waals surface area contributed by atoms with Crippen LogP contribution in [0.3, 0.4) is 0 Å². The van der Waals surface area contributed by atoms with Crippen LogP contribution in [0.25, 0.3) is 0 Å². The Morgan fingerprint density at radius 3 is 1.52 bits per heavy atom. The predicted molar refractivity (Wildman–Crippen MR) is 95.8 cm³/mol. The summed E-state index contributed by atoms with van der Waals surface area (Å²) in [5.41, 5.74) is 3.34. The molecule has 0 nitrogen and oxygen atoms in total. The third-order valence-electron chi connectivity index (χ3n) is 3.95. The largest absolute Gasteiger partial charge is 4.00 e. The fourth-order valence-electron chi connectivity index (χ4n) is 3.35. The van der Waals surface area contributed by atoms with Crippen molar-refractivity contribution in [3.05, 3.63) is 35.2 Å². The second kappa shape index (κ2) is 20.4. The summed E-state index contributed by atoms with van der Waals surface area (Å²) < 4.78 is 0. The molecule has 0 aromatic rings. The van der Waals surface area contributed by atoms with Crippen molar-refractivity contribution in [1.29, 1.82) is 0 Å². The molecule has 0 fully saturated rings. The summed E-state index contributed by atoms with van der Waals surface area (Å²) in [6.45, 7) is 14.3. The van der Waals surface area contributed by atoms with Gasteiger partial charge >= 0.3 is 26.2 Å². The SMILES string of the molecule is CCCC(=C(CCC)P(C(C)C)C(C)C)C1C=CC=C1.[Cl-].[Cl-].[Cl-].[Cl-].[Zr+4]. The van der Waals surface area contributed by atoms with Gasteiger partial charge in [0.1, 0.15) is 0 Å². The summed E-state index contributed by atoms with van der Waals surface area (Å²) in [6, 6.07) is 0. The molecule has 0 saturated carbocycles. The molecular formula is C19H33Cl4PZr. The zero-order valence-electron chi connectivity index (χ0n) is 16.3. The molecular weight excluding hydrogens is 492 g/mol. The van der Waals surface area contributed by atoms with Crippen LogP contribution in [-0.2, 0) is 26.2 Å². The van der Waals surface area contributed by atoms with Crippen LogP contribution >= 0.6 is 7.92 Å². The quantitative estimate of drug-likeness (QED) is 0.279. The van der Waals surface area contributed by atoms with E-state index in [1.54, 1.807) is 5.57 Å². The van der Waals surface area contributed by atoms with E-state index in [1.807, 2.05) is 5.31 Å². The van der Waals surface area contributed by atoms with Gasteiger partial charge in [0.2, 0.25) is 0 Å². The smallest absolute Gasteiger partial charge is 1.00 e. The van der Waals surface area contributed by atoms with E-state index in [0.717, 1.165) is 11.3 Å². The molecule has 6 heteroatoms. The third-order valence-corrected chi connectivity index (χ3v) is 7.31. The minimum Gasteiger partial charge on any atom is -1.00 e. The third kappa shape index (κ3) is 12.0. The van der Waals surface area contributed by atoms with E-state index in [2.05, 4.69) is 65.8 Å². The van der Waals surface area contributed by atoms with Gasteiger partial charge in [-0.05, 0) is 29.5 Å². The van der Waals surface area contributed by atoms with Gasteiger partial charge in [-0.25, -0.2) is 0 Å². The van der Waals surface area contributed by atoms with Crippen LogP contribution in [0.15, 0.2) is 35.2 Å². The average Bonchev–Trinajstić information content (AvgIpc) is 2.88. The summed E-state index contributed by atoms with van der Waals surface area (Å²) in [7, 11) is -0.00315.